The monoisotopic (exact) mass is 252 g/mol. The molecule has 1 atom stereocenters. The third-order valence-corrected chi connectivity index (χ3v) is 3.27. The van der Waals surface area contributed by atoms with Crippen LogP contribution < -0.4 is 5.32 Å². The molecule has 0 bridgehead atoms. The first kappa shape index (κ1) is 12.4. The van der Waals surface area contributed by atoms with Gasteiger partial charge < -0.3 is 10.2 Å². The second-order valence-corrected chi connectivity index (χ2v) is 5.04. The van der Waals surface area contributed by atoms with Gasteiger partial charge in [-0.2, -0.15) is 0 Å². The van der Waals surface area contributed by atoms with Gasteiger partial charge in [-0.1, -0.05) is 23.7 Å². The number of hydrogen-bond acceptors (Lipinski definition) is 2. The number of carbonyl (C=O) groups excluding carboxylic acids is 1. The number of carbonyl (C=O) groups is 1. The third kappa shape index (κ3) is 3.72. The minimum atomic E-state index is 0.147. The van der Waals surface area contributed by atoms with Crippen LogP contribution in [0.2, 0.25) is 5.02 Å². The van der Waals surface area contributed by atoms with Crippen molar-refractivity contribution in [3.05, 3.63) is 34.9 Å². The summed E-state index contributed by atoms with van der Waals surface area (Å²) in [4.78, 5) is 13.7. The number of hydrogen-bond donors (Lipinski definition) is 1. The van der Waals surface area contributed by atoms with E-state index in [0.717, 1.165) is 24.5 Å². The lowest BCUT2D eigenvalue weighted by atomic mass is 10.1. The van der Waals surface area contributed by atoms with E-state index in [-0.39, 0.29) is 11.9 Å². The van der Waals surface area contributed by atoms with Crippen molar-refractivity contribution in [3.63, 3.8) is 0 Å². The van der Waals surface area contributed by atoms with Gasteiger partial charge in [0.15, 0.2) is 0 Å². The Labute approximate surface area is 107 Å². The first-order chi connectivity index (χ1) is 8.13. The fourth-order valence-corrected chi connectivity index (χ4v) is 2.25. The maximum atomic E-state index is 11.5. The molecule has 2 rings (SSSR count). The fourth-order valence-electron chi connectivity index (χ4n) is 2.13. The Kier molecular flexibility index (Phi) is 4.02. The van der Waals surface area contributed by atoms with E-state index in [9.17, 15) is 4.79 Å². The number of amides is 1. The lowest BCUT2D eigenvalue weighted by Crippen LogP contribution is -2.39. The van der Waals surface area contributed by atoms with Crippen LogP contribution in [0.1, 0.15) is 12.0 Å². The highest BCUT2D eigenvalue weighted by Crippen LogP contribution is 2.12. The minimum Gasteiger partial charge on any atom is -0.352 e. The summed E-state index contributed by atoms with van der Waals surface area (Å²) < 4.78 is 0. The van der Waals surface area contributed by atoms with Crippen molar-refractivity contribution >= 4 is 17.5 Å². The Morgan fingerprint density at radius 1 is 1.41 bits per heavy atom. The van der Waals surface area contributed by atoms with Gasteiger partial charge in [-0.25, -0.2) is 0 Å². The Hall–Kier alpha value is -1.06. The van der Waals surface area contributed by atoms with Crippen molar-refractivity contribution in [2.24, 2.45) is 0 Å². The second-order valence-electron chi connectivity index (χ2n) is 4.61. The molecule has 1 aliphatic heterocycles. The van der Waals surface area contributed by atoms with E-state index in [2.05, 4.69) is 17.3 Å². The first-order valence-corrected chi connectivity index (χ1v) is 6.23. The number of benzene rings is 1. The van der Waals surface area contributed by atoms with Crippen molar-refractivity contribution in [2.75, 3.05) is 20.1 Å². The Morgan fingerprint density at radius 2 is 2.12 bits per heavy atom. The normalized spacial score (nSPS) is 22.0. The number of rotatable bonds is 2. The number of nitrogens with zero attached hydrogens (tertiary/aromatic N) is 1. The number of nitrogens with one attached hydrogen (secondary N) is 1. The predicted molar refractivity (Wildman–Crippen MR) is 69.2 cm³/mol. The zero-order valence-electron chi connectivity index (χ0n) is 9.95. The molecule has 0 saturated carbocycles. The molecule has 1 amide bonds. The van der Waals surface area contributed by atoms with Crippen LogP contribution in [-0.4, -0.2) is 37.0 Å². The van der Waals surface area contributed by atoms with Crippen LogP contribution in [-0.2, 0) is 11.2 Å². The molecule has 0 unspecified atom stereocenters. The van der Waals surface area contributed by atoms with Crippen molar-refractivity contribution in [2.45, 2.75) is 18.9 Å². The SMILES string of the molecule is CN1CCC(=O)N[C@@H](Cc2ccc(Cl)cc2)C1. The van der Waals surface area contributed by atoms with E-state index in [4.69, 9.17) is 11.6 Å². The zero-order chi connectivity index (χ0) is 12.3. The van der Waals surface area contributed by atoms with Gasteiger partial charge in [0, 0.05) is 30.6 Å². The Bertz CT molecular complexity index is 391. The topological polar surface area (TPSA) is 32.3 Å². The molecule has 1 saturated heterocycles. The molecule has 0 spiro atoms. The van der Waals surface area contributed by atoms with E-state index in [0.29, 0.717) is 6.42 Å². The second kappa shape index (κ2) is 5.52. The molecule has 1 N–H and O–H groups in total. The summed E-state index contributed by atoms with van der Waals surface area (Å²) in [7, 11) is 2.05. The average molecular weight is 253 g/mol. The van der Waals surface area contributed by atoms with Crippen LogP contribution in [0, 0.1) is 0 Å². The summed E-state index contributed by atoms with van der Waals surface area (Å²) in [5.41, 5.74) is 1.20. The van der Waals surface area contributed by atoms with Crippen molar-refractivity contribution in [1.82, 2.24) is 10.2 Å². The maximum Gasteiger partial charge on any atom is 0.221 e. The number of halogens is 1. The fraction of sp³-hybridized carbons (Fsp3) is 0.462. The van der Waals surface area contributed by atoms with Crippen LogP contribution in [0.4, 0.5) is 0 Å². The molecule has 1 aromatic rings. The summed E-state index contributed by atoms with van der Waals surface area (Å²) in [6, 6.07) is 7.99. The zero-order valence-corrected chi connectivity index (χ0v) is 10.7. The molecule has 4 heteroatoms. The van der Waals surface area contributed by atoms with Gasteiger partial charge in [-0.3, -0.25) is 4.79 Å². The van der Waals surface area contributed by atoms with Crippen molar-refractivity contribution in [1.29, 1.82) is 0 Å². The van der Waals surface area contributed by atoms with Gasteiger partial charge in [-0.05, 0) is 31.2 Å². The standard InChI is InChI=1S/C13H17ClN2O/c1-16-7-6-13(17)15-12(9-16)8-10-2-4-11(14)5-3-10/h2-5,12H,6-9H2,1H3,(H,15,17)/t12-/m0/s1. The molecule has 17 heavy (non-hydrogen) atoms. The Morgan fingerprint density at radius 3 is 2.82 bits per heavy atom. The lowest BCUT2D eigenvalue weighted by molar-refractivity contribution is -0.121. The van der Waals surface area contributed by atoms with Gasteiger partial charge in [0.1, 0.15) is 0 Å². The van der Waals surface area contributed by atoms with Crippen LogP contribution in [0.15, 0.2) is 24.3 Å². The Balaban J connectivity index is 2.01. The minimum absolute atomic E-state index is 0.147. The molecule has 0 radical (unpaired) electrons. The van der Waals surface area contributed by atoms with E-state index in [1.54, 1.807) is 0 Å². The molecular formula is C13H17ClN2O. The smallest absolute Gasteiger partial charge is 0.221 e. The van der Waals surface area contributed by atoms with Crippen LogP contribution >= 0.6 is 11.6 Å². The van der Waals surface area contributed by atoms with Crippen LogP contribution in [0.3, 0.4) is 0 Å². The molecule has 1 heterocycles. The number of likely N-dealkylation sites (N-methyl/N-ethyl adjacent to an activating group) is 1. The molecule has 1 aromatic carbocycles. The van der Waals surface area contributed by atoms with E-state index < -0.39 is 0 Å². The largest absolute Gasteiger partial charge is 0.352 e. The summed E-state index contributed by atoms with van der Waals surface area (Å²) in [6.07, 6.45) is 1.45. The summed E-state index contributed by atoms with van der Waals surface area (Å²) in [6.45, 7) is 1.73. The molecular weight excluding hydrogens is 236 g/mol. The quantitative estimate of drug-likeness (QED) is 0.869. The molecule has 1 aliphatic rings. The molecule has 1 fully saturated rings. The van der Waals surface area contributed by atoms with E-state index in [1.807, 2.05) is 24.3 Å². The summed E-state index contributed by atoms with van der Waals surface area (Å²) in [5, 5.41) is 3.80. The van der Waals surface area contributed by atoms with Gasteiger partial charge in [-0.15, -0.1) is 0 Å². The van der Waals surface area contributed by atoms with Crippen LogP contribution in [0.5, 0.6) is 0 Å². The molecule has 92 valence electrons. The van der Waals surface area contributed by atoms with E-state index >= 15 is 0 Å². The third-order valence-electron chi connectivity index (χ3n) is 3.01. The average Bonchev–Trinajstić information content (AvgIpc) is 2.44. The van der Waals surface area contributed by atoms with E-state index in [1.165, 1.54) is 5.56 Å². The lowest BCUT2D eigenvalue weighted by Gasteiger charge is -2.20. The first-order valence-electron chi connectivity index (χ1n) is 5.86. The van der Waals surface area contributed by atoms with Gasteiger partial charge in [0.2, 0.25) is 5.91 Å². The van der Waals surface area contributed by atoms with Crippen molar-refractivity contribution in [3.8, 4) is 0 Å². The maximum absolute atomic E-state index is 11.5. The predicted octanol–water partition coefficient (Wildman–Crippen LogP) is 1.70. The highest BCUT2D eigenvalue weighted by Gasteiger charge is 2.19. The summed E-state index contributed by atoms with van der Waals surface area (Å²) in [5.74, 6) is 0.147. The molecule has 3 nitrogen and oxygen atoms in total. The van der Waals surface area contributed by atoms with Crippen molar-refractivity contribution < 1.29 is 4.79 Å². The van der Waals surface area contributed by atoms with Gasteiger partial charge in [0.05, 0.1) is 0 Å². The van der Waals surface area contributed by atoms with Gasteiger partial charge in [0.25, 0.3) is 0 Å². The highest BCUT2D eigenvalue weighted by atomic mass is 35.5. The molecule has 0 aliphatic carbocycles. The molecule has 0 aromatic heterocycles. The van der Waals surface area contributed by atoms with Gasteiger partial charge >= 0.3 is 0 Å². The highest BCUT2D eigenvalue weighted by molar-refractivity contribution is 6.30. The van der Waals surface area contributed by atoms with Crippen LogP contribution in [0.25, 0.3) is 0 Å². The summed E-state index contributed by atoms with van der Waals surface area (Å²) >= 11 is 5.85.